The van der Waals surface area contributed by atoms with Gasteiger partial charge in [0.1, 0.15) is 11.4 Å². The lowest BCUT2D eigenvalue weighted by Crippen LogP contribution is -2.41. The number of fused-ring (bicyclic) bond motifs is 5. The molecule has 0 spiro atoms. The van der Waals surface area contributed by atoms with E-state index in [4.69, 9.17) is 4.74 Å². The maximum atomic E-state index is 14.0. The van der Waals surface area contributed by atoms with Crippen LogP contribution in [0.3, 0.4) is 0 Å². The summed E-state index contributed by atoms with van der Waals surface area (Å²) in [6, 6.07) is 7.19. The Hall–Kier alpha value is -2.58. The molecular formula is C31H39FN2O4S. The van der Waals surface area contributed by atoms with E-state index in [9.17, 15) is 17.6 Å². The maximum Gasteiger partial charge on any atom is 0.307 e. The van der Waals surface area contributed by atoms with Crippen molar-refractivity contribution in [2.24, 2.45) is 17.3 Å². The third-order valence-corrected chi connectivity index (χ3v) is 10.9. The van der Waals surface area contributed by atoms with Crippen LogP contribution in [0.5, 0.6) is 0 Å². The van der Waals surface area contributed by atoms with Crippen LogP contribution < -0.4 is 0 Å². The molecule has 0 aliphatic heterocycles. The van der Waals surface area contributed by atoms with Crippen molar-refractivity contribution in [2.75, 3.05) is 13.6 Å². The highest BCUT2D eigenvalue weighted by atomic mass is 32.2. The number of benzene rings is 1. The van der Waals surface area contributed by atoms with Crippen LogP contribution in [0.15, 0.2) is 47.6 Å². The molecule has 1 fully saturated rings. The lowest BCUT2D eigenvalue weighted by Gasteiger charge is -2.50. The first-order valence-corrected chi connectivity index (χ1v) is 15.4. The fraction of sp³-hybridized carbons (Fsp3) is 0.548. The number of hydrogen-bond donors (Lipinski definition) is 0. The van der Waals surface area contributed by atoms with Crippen molar-refractivity contribution in [3.8, 4) is 0 Å². The maximum absolute atomic E-state index is 14.0. The normalized spacial score (nSPS) is 26.4. The summed E-state index contributed by atoms with van der Waals surface area (Å²) in [5.41, 5.74) is 3.88. The largest absolute Gasteiger partial charge is 0.460 e. The molecule has 3 unspecified atom stereocenters. The summed E-state index contributed by atoms with van der Waals surface area (Å²) >= 11 is 0. The van der Waals surface area contributed by atoms with Gasteiger partial charge in [0.15, 0.2) is 0 Å². The molecule has 0 bridgehead atoms. The van der Waals surface area contributed by atoms with Gasteiger partial charge in [0, 0.05) is 19.8 Å². The van der Waals surface area contributed by atoms with Crippen LogP contribution in [-0.2, 0) is 26.0 Å². The predicted octanol–water partition coefficient (Wildman–Crippen LogP) is 6.12. The number of aryl methyl sites for hydroxylation is 1. The molecule has 2 aromatic rings. The minimum atomic E-state index is -3.73. The molecule has 3 aliphatic carbocycles. The molecule has 0 saturated heterocycles. The highest BCUT2D eigenvalue weighted by molar-refractivity contribution is 7.89. The summed E-state index contributed by atoms with van der Waals surface area (Å²) in [6.45, 7) is 7.77. The zero-order valence-electron chi connectivity index (χ0n) is 23.5. The summed E-state index contributed by atoms with van der Waals surface area (Å²) < 4.78 is 47.2. The van der Waals surface area contributed by atoms with Gasteiger partial charge >= 0.3 is 5.97 Å². The Labute approximate surface area is 231 Å². The Morgan fingerprint density at radius 3 is 2.69 bits per heavy atom. The van der Waals surface area contributed by atoms with Crippen LogP contribution in [0.2, 0.25) is 0 Å². The summed E-state index contributed by atoms with van der Waals surface area (Å²) in [4.78, 5) is 16.5. The van der Waals surface area contributed by atoms with Crippen LogP contribution in [0.25, 0.3) is 5.57 Å². The SMILES string of the molecule is CN(CCC(=O)OC(C)(C)C)S(=O)(=O)c1ccc2c(c1)CCC1C2CC[C@]2(C)C(c3cncc(F)c3)=CCC12. The van der Waals surface area contributed by atoms with Crippen molar-refractivity contribution in [3.63, 3.8) is 0 Å². The third kappa shape index (κ3) is 5.30. The molecule has 1 heterocycles. The number of hydrogen-bond acceptors (Lipinski definition) is 5. The molecule has 0 radical (unpaired) electrons. The molecule has 1 aromatic heterocycles. The Bertz CT molecular complexity index is 1410. The fourth-order valence-corrected chi connectivity index (χ4v) is 8.46. The molecule has 0 amide bonds. The fourth-order valence-electron chi connectivity index (χ4n) is 7.23. The Morgan fingerprint density at radius 1 is 1.21 bits per heavy atom. The number of carbonyl (C=O) groups is 1. The van der Waals surface area contributed by atoms with Crippen LogP contribution in [0, 0.1) is 23.1 Å². The van der Waals surface area contributed by atoms with Crippen LogP contribution in [0.1, 0.15) is 82.4 Å². The summed E-state index contributed by atoms with van der Waals surface area (Å²) in [5, 5.41) is 0. The number of rotatable bonds is 6. The third-order valence-electron chi connectivity index (χ3n) is 9.05. The van der Waals surface area contributed by atoms with Crippen molar-refractivity contribution < 1.29 is 22.3 Å². The van der Waals surface area contributed by atoms with Crippen LogP contribution in [0.4, 0.5) is 4.39 Å². The Kier molecular flexibility index (Phi) is 7.25. The second-order valence-corrected chi connectivity index (χ2v) is 14.7. The molecule has 4 atom stereocenters. The van der Waals surface area contributed by atoms with E-state index in [-0.39, 0.29) is 29.1 Å². The van der Waals surface area contributed by atoms with E-state index in [2.05, 4.69) is 18.0 Å². The average Bonchev–Trinajstić information content (AvgIpc) is 3.23. The van der Waals surface area contributed by atoms with Crippen molar-refractivity contribution in [1.29, 1.82) is 0 Å². The van der Waals surface area contributed by atoms with E-state index in [1.165, 1.54) is 28.7 Å². The van der Waals surface area contributed by atoms with E-state index in [0.717, 1.165) is 43.2 Å². The first kappa shape index (κ1) is 28.0. The predicted molar refractivity (Wildman–Crippen MR) is 149 cm³/mol. The molecule has 210 valence electrons. The Morgan fingerprint density at radius 2 is 1.97 bits per heavy atom. The number of pyridine rings is 1. The number of sulfonamides is 1. The molecule has 8 heteroatoms. The highest BCUT2D eigenvalue weighted by Crippen LogP contribution is 2.63. The van der Waals surface area contributed by atoms with Crippen molar-refractivity contribution in [2.45, 2.75) is 82.6 Å². The molecule has 6 nitrogen and oxygen atoms in total. The first-order chi connectivity index (χ1) is 18.3. The quantitative estimate of drug-likeness (QED) is 0.402. The molecule has 1 aromatic carbocycles. The van der Waals surface area contributed by atoms with E-state index < -0.39 is 21.6 Å². The van der Waals surface area contributed by atoms with E-state index in [1.54, 1.807) is 39.1 Å². The van der Waals surface area contributed by atoms with Gasteiger partial charge in [0.25, 0.3) is 0 Å². The van der Waals surface area contributed by atoms with Gasteiger partial charge in [-0.3, -0.25) is 9.78 Å². The average molecular weight is 555 g/mol. The number of ether oxygens (including phenoxy) is 1. The second-order valence-electron chi connectivity index (χ2n) is 12.6. The minimum absolute atomic E-state index is 0.00353. The lowest BCUT2D eigenvalue weighted by atomic mass is 9.54. The van der Waals surface area contributed by atoms with Crippen molar-refractivity contribution in [1.82, 2.24) is 9.29 Å². The van der Waals surface area contributed by atoms with E-state index >= 15 is 0 Å². The number of nitrogens with zero attached hydrogens (tertiary/aromatic N) is 2. The molecule has 0 N–H and O–H groups in total. The van der Waals surface area contributed by atoms with E-state index in [1.807, 2.05) is 12.1 Å². The first-order valence-electron chi connectivity index (χ1n) is 13.9. The molecule has 3 aliphatic rings. The minimum Gasteiger partial charge on any atom is -0.460 e. The number of aromatic nitrogens is 1. The summed E-state index contributed by atoms with van der Waals surface area (Å²) in [5.74, 6) is 0.660. The van der Waals surface area contributed by atoms with Gasteiger partial charge in [-0.1, -0.05) is 19.1 Å². The molecule has 1 saturated carbocycles. The lowest BCUT2D eigenvalue weighted by molar-refractivity contribution is -0.154. The number of halogens is 1. The smallest absolute Gasteiger partial charge is 0.307 e. The van der Waals surface area contributed by atoms with Crippen molar-refractivity contribution in [3.05, 3.63) is 65.2 Å². The van der Waals surface area contributed by atoms with Crippen LogP contribution >= 0.6 is 0 Å². The van der Waals surface area contributed by atoms with E-state index in [0.29, 0.717) is 17.8 Å². The Balaban J connectivity index is 1.31. The van der Waals surface area contributed by atoms with Crippen molar-refractivity contribution >= 4 is 21.6 Å². The summed E-state index contributed by atoms with van der Waals surface area (Å²) in [6.07, 6.45) is 10.2. The zero-order valence-corrected chi connectivity index (χ0v) is 24.4. The van der Waals surface area contributed by atoms with Crippen LogP contribution in [-0.4, -0.2) is 42.9 Å². The number of esters is 1. The molecule has 39 heavy (non-hydrogen) atoms. The van der Waals surface area contributed by atoms with Gasteiger partial charge in [-0.15, -0.1) is 0 Å². The standard InChI is InChI=1S/C31H39FN2O4S/c1-30(2,3)38-29(35)13-15-34(5)39(36,37)23-7-9-24-20(17-23)6-8-26-25(24)12-14-31(4)27(10-11-28(26)31)21-16-22(32)19-33-18-21/h7,9-10,16-19,25-26,28H,6,8,11-15H2,1-5H3/t25?,26?,28?,31-/m1/s1. The van der Waals surface area contributed by atoms with Gasteiger partial charge in [-0.25, -0.2) is 17.1 Å². The second kappa shape index (κ2) is 10.1. The monoisotopic (exact) mass is 554 g/mol. The topological polar surface area (TPSA) is 76.6 Å². The number of allylic oxidation sites excluding steroid dienone is 2. The molecule has 5 rings (SSSR count). The van der Waals surface area contributed by atoms with Gasteiger partial charge in [0.05, 0.1) is 17.5 Å². The zero-order chi connectivity index (χ0) is 28.2. The van der Waals surface area contributed by atoms with Gasteiger partial charge in [-0.05, 0) is 117 Å². The summed E-state index contributed by atoms with van der Waals surface area (Å²) in [7, 11) is -2.22. The highest BCUT2D eigenvalue weighted by Gasteiger charge is 2.52. The van der Waals surface area contributed by atoms with Gasteiger partial charge in [-0.2, -0.15) is 0 Å². The van der Waals surface area contributed by atoms with Gasteiger partial charge < -0.3 is 4.74 Å². The van der Waals surface area contributed by atoms with Gasteiger partial charge in [0.2, 0.25) is 10.0 Å². The number of carbonyl (C=O) groups excluding carboxylic acids is 1. The molecular weight excluding hydrogens is 515 g/mol.